The highest BCUT2D eigenvalue weighted by Crippen LogP contribution is 2.24. The van der Waals surface area contributed by atoms with Gasteiger partial charge >= 0.3 is 0 Å². The summed E-state index contributed by atoms with van der Waals surface area (Å²) < 4.78 is 3.10. The van der Waals surface area contributed by atoms with Crippen LogP contribution in [0.2, 0.25) is 0 Å². The molecule has 0 aliphatic carbocycles. The van der Waals surface area contributed by atoms with Crippen LogP contribution in [0.25, 0.3) is 0 Å². The molecule has 0 saturated heterocycles. The lowest BCUT2D eigenvalue weighted by Crippen LogP contribution is -2.07. The maximum absolute atomic E-state index is 4.28. The van der Waals surface area contributed by atoms with E-state index in [1.165, 1.54) is 18.5 Å². The molecule has 0 atom stereocenters. The molecule has 0 spiro atoms. The minimum atomic E-state index is 0.497. The predicted octanol–water partition coefficient (Wildman–Crippen LogP) is 4.01. The Morgan fingerprint density at radius 1 is 1.33 bits per heavy atom. The van der Waals surface area contributed by atoms with Crippen molar-refractivity contribution in [3.05, 3.63) is 16.4 Å². The molecule has 15 heavy (non-hydrogen) atoms. The zero-order valence-electron chi connectivity index (χ0n) is 10.0. The van der Waals surface area contributed by atoms with E-state index in [0.717, 1.165) is 16.9 Å². The topological polar surface area (TPSA) is 17.8 Å². The van der Waals surface area contributed by atoms with E-state index in [2.05, 4.69) is 59.6 Å². The second kappa shape index (κ2) is 5.69. The third kappa shape index (κ3) is 3.63. The van der Waals surface area contributed by atoms with Gasteiger partial charge in [-0.25, -0.2) is 0 Å². The largest absolute Gasteiger partial charge is 0.267 e. The van der Waals surface area contributed by atoms with Gasteiger partial charge in [-0.2, -0.15) is 5.10 Å². The van der Waals surface area contributed by atoms with Gasteiger partial charge in [0.2, 0.25) is 0 Å². The van der Waals surface area contributed by atoms with Crippen LogP contribution in [0.1, 0.15) is 52.1 Å². The molecule has 1 aromatic heterocycles. The summed E-state index contributed by atoms with van der Waals surface area (Å²) in [5.41, 5.74) is 1.26. The van der Waals surface area contributed by atoms with Crippen molar-refractivity contribution in [2.24, 2.45) is 5.92 Å². The monoisotopic (exact) mass is 271 g/mol. The maximum Gasteiger partial charge on any atom is 0.128 e. The summed E-state index contributed by atoms with van der Waals surface area (Å²) in [7, 11) is 0. The molecule has 0 bridgehead atoms. The fourth-order valence-corrected chi connectivity index (χ4v) is 2.44. The van der Waals surface area contributed by atoms with Gasteiger partial charge in [0.1, 0.15) is 6.20 Å². The van der Waals surface area contributed by atoms with Crippen LogP contribution in [0, 0.1) is 12.1 Å². The summed E-state index contributed by atoms with van der Waals surface area (Å²) in [6.07, 6.45) is 5.44. The first-order valence-electron chi connectivity index (χ1n) is 5.66. The number of hydrogen-bond acceptors (Lipinski definition) is 1. The lowest BCUT2D eigenvalue weighted by molar-refractivity contribution is 0.474. The third-order valence-corrected chi connectivity index (χ3v) is 3.05. The molecule has 0 unspecified atom stereocenters. The number of rotatable bonds is 5. The van der Waals surface area contributed by atoms with E-state index in [4.69, 9.17) is 0 Å². The van der Waals surface area contributed by atoms with Crippen LogP contribution < -0.4 is 0 Å². The number of halogens is 1. The average Bonchev–Trinajstić information content (AvgIpc) is 2.46. The van der Waals surface area contributed by atoms with Gasteiger partial charge in [-0.15, -0.1) is 0 Å². The summed E-state index contributed by atoms with van der Waals surface area (Å²) in [5, 5.41) is 4.28. The second-order valence-corrected chi connectivity index (χ2v) is 5.52. The van der Waals surface area contributed by atoms with Crippen molar-refractivity contribution in [3.8, 4) is 0 Å². The van der Waals surface area contributed by atoms with Crippen molar-refractivity contribution >= 4 is 15.9 Å². The molecule has 0 aromatic carbocycles. The van der Waals surface area contributed by atoms with Crippen molar-refractivity contribution in [3.63, 3.8) is 0 Å². The fourth-order valence-electron chi connectivity index (χ4n) is 1.70. The first-order valence-corrected chi connectivity index (χ1v) is 6.45. The lowest BCUT2D eigenvalue weighted by Gasteiger charge is -2.11. The molecule has 0 saturated carbocycles. The Morgan fingerprint density at radius 2 is 2.00 bits per heavy atom. The van der Waals surface area contributed by atoms with Gasteiger partial charge in [0.15, 0.2) is 0 Å². The summed E-state index contributed by atoms with van der Waals surface area (Å²) in [5.74, 6) is 1.27. The van der Waals surface area contributed by atoms with E-state index < -0.39 is 0 Å². The van der Waals surface area contributed by atoms with E-state index in [9.17, 15) is 0 Å². The number of nitrogens with zero attached hydrogens (tertiary/aromatic N) is 2. The van der Waals surface area contributed by atoms with Gasteiger partial charge in [-0.1, -0.05) is 27.7 Å². The Balaban J connectivity index is 2.61. The highest BCUT2D eigenvalue weighted by Gasteiger charge is 2.12. The average molecular weight is 272 g/mol. The SMILES string of the molecule is CC(C)CCCn1n[c]c(Br)c1C(C)C. The quantitative estimate of drug-likeness (QED) is 0.792. The van der Waals surface area contributed by atoms with Crippen LogP contribution >= 0.6 is 15.9 Å². The third-order valence-electron chi connectivity index (χ3n) is 2.47. The van der Waals surface area contributed by atoms with Crippen molar-refractivity contribution in [2.45, 2.75) is 53.0 Å². The maximum atomic E-state index is 4.28. The molecule has 1 rings (SSSR count). The summed E-state index contributed by atoms with van der Waals surface area (Å²) >= 11 is 3.50. The molecular weight excluding hydrogens is 252 g/mol. The van der Waals surface area contributed by atoms with E-state index in [1.54, 1.807) is 0 Å². The highest BCUT2D eigenvalue weighted by molar-refractivity contribution is 9.10. The standard InChI is InChI=1S/C12H20BrN2/c1-9(2)6-5-7-15-12(10(3)4)11(13)8-14-15/h9-10H,5-7H2,1-4H3. The first-order chi connectivity index (χ1) is 7.02. The van der Waals surface area contributed by atoms with Crippen molar-refractivity contribution in [1.29, 1.82) is 0 Å². The predicted molar refractivity (Wildman–Crippen MR) is 66.9 cm³/mol. The van der Waals surface area contributed by atoms with E-state index in [0.29, 0.717) is 5.92 Å². The van der Waals surface area contributed by atoms with E-state index in [1.807, 2.05) is 0 Å². The van der Waals surface area contributed by atoms with Crippen LogP contribution in [0.4, 0.5) is 0 Å². The molecule has 3 heteroatoms. The van der Waals surface area contributed by atoms with Crippen LogP contribution in [0.15, 0.2) is 4.47 Å². The summed E-state index contributed by atoms with van der Waals surface area (Å²) in [4.78, 5) is 0. The molecular formula is C12H20BrN2. The number of aryl methyl sites for hydroxylation is 1. The normalized spacial score (nSPS) is 11.7. The van der Waals surface area contributed by atoms with Crippen molar-refractivity contribution in [1.82, 2.24) is 9.78 Å². The van der Waals surface area contributed by atoms with Crippen LogP contribution in [0.3, 0.4) is 0 Å². The van der Waals surface area contributed by atoms with Gasteiger partial charge < -0.3 is 0 Å². The highest BCUT2D eigenvalue weighted by atomic mass is 79.9. The molecule has 85 valence electrons. The van der Waals surface area contributed by atoms with Gasteiger partial charge in [0, 0.05) is 6.54 Å². The van der Waals surface area contributed by atoms with Crippen LogP contribution in [-0.4, -0.2) is 9.78 Å². The smallest absolute Gasteiger partial charge is 0.128 e. The lowest BCUT2D eigenvalue weighted by atomic mass is 10.1. The van der Waals surface area contributed by atoms with Gasteiger partial charge in [-0.05, 0) is 40.6 Å². The Kier molecular flexibility index (Phi) is 4.84. The molecule has 0 amide bonds. The van der Waals surface area contributed by atoms with E-state index in [-0.39, 0.29) is 0 Å². The summed E-state index contributed by atoms with van der Waals surface area (Å²) in [6.45, 7) is 9.90. The first kappa shape index (κ1) is 12.8. The summed E-state index contributed by atoms with van der Waals surface area (Å²) in [6, 6.07) is 0. The molecule has 0 aliphatic rings. The fraction of sp³-hybridized carbons (Fsp3) is 0.750. The Hall–Kier alpha value is -0.310. The van der Waals surface area contributed by atoms with Gasteiger partial charge in [0.25, 0.3) is 0 Å². The Labute approximate surface area is 101 Å². The minimum Gasteiger partial charge on any atom is -0.267 e. The molecule has 0 fully saturated rings. The minimum absolute atomic E-state index is 0.497. The number of aromatic nitrogens is 2. The van der Waals surface area contributed by atoms with Crippen LogP contribution in [0.5, 0.6) is 0 Å². The molecule has 1 radical (unpaired) electrons. The Bertz CT molecular complexity index is 303. The number of hydrogen-bond donors (Lipinski definition) is 0. The Morgan fingerprint density at radius 3 is 2.53 bits per heavy atom. The molecule has 1 aromatic rings. The van der Waals surface area contributed by atoms with E-state index >= 15 is 0 Å². The van der Waals surface area contributed by atoms with Crippen molar-refractivity contribution < 1.29 is 0 Å². The zero-order valence-corrected chi connectivity index (χ0v) is 11.6. The second-order valence-electron chi connectivity index (χ2n) is 4.72. The van der Waals surface area contributed by atoms with Crippen LogP contribution in [-0.2, 0) is 6.54 Å². The van der Waals surface area contributed by atoms with Gasteiger partial charge in [0.05, 0.1) is 10.2 Å². The zero-order chi connectivity index (χ0) is 11.4. The molecule has 2 nitrogen and oxygen atoms in total. The molecule has 1 heterocycles. The molecule has 0 N–H and O–H groups in total. The van der Waals surface area contributed by atoms with Crippen molar-refractivity contribution in [2.75, 3.05) is 0 Å². The van der Waals surface area contributed by atoms with Gasteiger partial charge in [-0.3, -0.25) is 4.68 Å². The molecule has 0 aliphatic heterocycles.